The molecular weight excluding hydrogens is 539 g/mol. The van der Waals surface area contributed by atoms with Crippen molar-refractivity contribution in [3.63, 3.8) is 0 Å². The summed E-state index contributed by atoms with van der Waals surface area (Å²) in [7, 11) is 1.37. The second kappa shape index (κ2) is 12.6. The van der Waals surface area contributed by atoms with Crippen LogP contribution < -0.4 is 16.0 Å². The maximum absolute atomic E-state index is 12.8. The molecule has 198 valence electrons. The van der Waals surface area contributed by atoms with Crippen molar-refractivity contribution in [2.75, 3.05) is 28.8 Å². The number of thiocarbonyl (C=S) groups is 1. The Morgan fingerprint density at radius 1 is 1.08 bits per heavy atom. The number of Topliss-reactive ketones (excluding diaryl/α,β-unsaturated/α-hetero) is 1. The second-order valence-electron chi connectivity index (χ2n) is 9.12. The highest BCUT2D eigenvalue weighted by Crippen LogP contribution is 2.40. The van der Waals surface area contributed by atoms with Crippen LogP contribution in [0.15, 0.2) is 53.4 Å². The molecule has 0 fully saturated rings. The summed E-state index contributed by atoms with van der Waals surface area (Å²) >= 11 is 8.29. The minimum absolute atomic E-state index is 0.00768. The van der Waals surface area contributed by atoms with E-state index in [1.165, 1.54) is 37.1 Å². The van der Waals surface area contributed by atoms with E-state index in [2.05, 4.69) is 22.9 Å². The number of ketones is 1. The maximum atomic E-state index is 12.8. The van der Waals surface area contributed by atoms with Gasteiger partial charge >= 0.3 is 5.97 Å². The number of ether oxygens (including phenoxy) is 1. The zero-order valence-corrected chi connectivity index (χ0v) is 23.8. The number of benzene rings is 2. The Morgan fingerprint density at radius 2 is 1.82 bits per heavy atom. The fourth-order valence-corrected chi connectivity index (χ4v) is 6.62. The molecule has 1 unspecified atom stereocenters. The Hall–Kier alpha value is -3.21. The molecule has 1 heterocycles. The van der Waals surface area contributed by atoms with Crippen molar-refractivity contribution in [2.24, 2.45) is 5.92 Å². The molecule has 3 N–H and O–H groups in total. The first-order valence-electron chi connectivity index (χ1n) is 12.2. The van der Waals surface area contributed by atoms with Crippen LogP contribution in [0.5, 0.6) is 0 Å². The molecule has 4 rings (SSSR count). The van der Waals surface area contributed by atoms with Crippen LogP contribution in [0.2, 0.25) is 0 Å². The molecule has 0 bridgehead atoms. The summed E-state index contributed by atoms with van der Waals surface area (Å²) in [6, 6.07) is 14.7. The monoisotopic (exact) mass is 567 g/mol. The molecule has 1 amide bonds. The van der Waals surface area contributed by atoms with Gasteiger partial charge in [-0.15, -0.1) is 23.1 Å². The van der Waals surface area contributed by atoms with Gasteiger partial charge in [-0.3, -0.25) is 9.59 Å². The molecule has 38 heavy (non-hydrogen) atoms. The number of thioether (sulfide) groups is 1. The van der Waals surface area contributed by atoms with E-state index in [4.69, 9.17) is 17.0 Å². The number of fused-ring (bicyclic) bond motifs is 1. The van der Waals surface area contributed by atoms with Gasteiger partial charge in [0.25, 0.3) is 0 Å². The Morgan fingerprint density at radius 3 is 2.53 bits per heavy atom. The number of nitrogens with one attached hydrogen (secondary N) is 3. The summed E-state index contributed by atoms with van der Waals surface area (Å²) in [6.07, 6.45) is 2.75. The van der Waals surface area contributed by atoms with Gasteiger partial charge in [-0.25, -0.2) is 4.79 Å². The molecule has 1 atom stereocenters. The van der Waals surface area contributed by atoms with Gasteiger partial charge < -0.3 is 20.7 Å². The number of amides is 1. The van der Waals surface area contributed by atoms with Gasteiger partial charge in [0.1, 0.15) is 5.00 Å². The number of anilines is 3. The van der Waals surface area contributed by atoms with Gasteiger partial charge in [-0.1, -0.05) is 13.0 Å². The lowest BCUT2D eigenvalue weighted by atomic mass is 9.88. The average Bonchev–Trinajstić information content (AvgIpc) is 3.24. The largest absolute Gasteiger partial charge is 0.465 e. The fraction of sp³-hybridized carbons (Fsp3) is 0.286. The number of methoxy groups -OCH3 is 1. The Labute approximate surface area is 235 Å². The molecule has 0 saturated heterocycles. The molecule has 3 aromatic rings. The number of thiophene rings is 1. The van der Waals surface area contributed by atoms with Crippen LogP contribution in [0.25, 0.3) is 0 Å². The van der Waals surface area contributed by atoms with Crippen molar-refractivity contribution < 1.29 is 19.1 Å². The van der Waals surface area contributed by atoms with Crippen LogP contribution in [0.3, 0.4) is 0 Å². The van der Waals surface area contributed by atoms with E-state index in [0.29, 0.717) is 27.2 Å². The van der Waals surface area contributed by atoms with Crippen LogP contribution in [-0.4, -0.2) is 35.6 Å². The van der Waals surface area contributed by atoms with Crippen molar-refractivity contribution in [3.05, 3.63) is 70.1 Å². The van der Waals surface area contributed by atoms with E-state index in [1.807, 2.05) is 24.3 Å². The third-order valence-corrected chi connectivity index (χ3v) is 8.53. The van der Waals surface area contributed by atoms with Gasteiger partial charge in [-0.05, 0) is 92.4 Å². The molecule has 0 saturated carbocycles. The number of carbonyl (C=O) groups is 3. The zero-order chi connectivity index (χ0) is 27.2. The fourth-order valence-electron chi connectivity index (χ4n) is 4.21. The lowest BCUT2D eigenvalue weighted by Crippen LogP contribution is -2.19. The number of hydrogen-bond donors (Lipinski definition) is 3. The molecule has 1 aliphatic carbocycles. The molecule has 0 aliphatic heterocycles. The Balaban J connectivity index is 1.34. The van der Waals surface area contributed by atoms with Gasteiger partial charge in [0.15, 0.2) is 10.9 Å². The first-order chi connectivity index (χ1) is 18.2. The van der Waals surface area contributed by atoms with Crippen molar-refractivity contribution in [1.29, 1.82) is 0 Å². The first kappa shape index (κ1) is 27.8. The minimum atomic E-state index is -0.404. The van der Waals surface area contributed by atoms with E-state index in [0.717, 1.165) is 46.0 Å². The van der Waals surface area contributed by atoms with Gasteiger partial charge in [0.05, 0.1) is 18.4 Å². The summed E-state index contributed by atoms with van der Waals surface area (Å²) < 4.78 is 5.01. The summed E-state index contributed by atoms with van der Waals surface area (Å²) in [6.45, 7) is 3.73. The third kappa shape index (κ3) is 7.00. The quantitative estimate of drug-likeness (QED) is 0.125. The molecule has 2 aromatic carbocycles. The van der Waals surface area contributed by atoms with E-state index in [9.17, 15) is 14.4 Å². The van der Waals surface area contributed by atoms with Crippen molar-refractivity contribution in [2.45, 2.75) is 38.0 Å². The topological polar surface area (TPSA) is 96.5 Å². The maximum Gasteiger partial charge on any atom is 0.341 e. The summed E-state index contributed by atoms with van der Waals surface area (Å²) in [5.41, 5.74) is 3.70. The highest BCUT2D eigenvalue weighted by Gasteiger charge is 2.28. The van der Waals surface area contributed by atoms with E-state index >= 15 is 0 Å². The normalized spacial score (nSPS) is 14.2. The van der Waals surface area contributed by atoms with Crippen molar-refractivity contribution in [3.8, 4) is 0 Å². The third-order valence-electron chi connectivity index (χ3n) is 6.17. The van der Waals surface area contributed by atoms with E-state index in [-0.39, 0.29) is 17.4 Å². The van der Waals surface area contributed by atoms with Crippen molar-refractivity contribution in [1.82, 2.24) is 0 Å². The zero-order valence-electron chi connectivity index (χ0n) is 21.4. The smallest absolute Gasteiger partial charge is 0.341 e. The molecule has 10 heteroatoms. The SMILES string of the molecule is COC(=O)c1c(NC(=O)CSc2cccc(NC(=S)Nc3ccc(C(C)=O)cc3)c2)sc2c1CCC(C)C2. The van der Waals surface area contributed by atoms with Crippen LogP contribution in [-0.2, 0) is 22.4 Å². The summed E-state index contributed by atoms with van der Waals surface area (Å²) in [5.74, 6) is 0.165. The molecule has 1 aliphatic rings. The first-order valence-corrected chi connectivity index (χ1v) is 14.4. The molecule has 1 aromatic heterocycles. The highest BCUT2D eigenvalue weighted by molar-refractivity contribution is 8.00. The lowest BCUT2D eigenvalue weighted by molar-refractivity contribution is -0.113. The average molecular weight is 568 g/mol. The standard InChI is InChI=1S/C28H29N3O4S3/c1-16-7-12-22-23(13-16)38-26(25(22)27(34)35-3)31-24(33)15-37-21-6-4-5-20(14-21)30-28(36)29-19-10-8-18(9-11-19)17(2)32/h4-6,8-11,14,16H,7,12-13,15H2,1-3H3,(H,31,33)(H2,29,30,36). The number of carbonyl (C=O) groups excluding carboxylic acids is 3. The van der Waals surface area contributed by atoms with Crippen LogP contribution in [0, 0.1) is 5.92 Å². The number of esters is 1. The van der Waals surface area contributed by atoms with Crippen LogP contribution >= 0.6 is 35.3 Å². The number of rotatable bonds is 8. The summed E-state index contributed by atoms with van der Waals surface area (Å²) in [5, 5.41) is 10.2. The van der Waals surface area contributed by atoms with E-state index in [1.54, 1.807) is 24.3 Å². The summed E-state index contributed by atoms with van der Waals surface area (Å²) in [4.78, 5) is 38.8. The van der Waals surface area contributed by atoms with Crippen molar-refractivity contribution >= 4 is 74.5 Å². The number of hydrogen-bond acceptors (Lipinski definition) is 7. The molecule has 0 radical (unpaired) electrons. The lowest BCUT2D eigenvalue weighted by Gasteiger charge is -2.18. The molecule has 7 nitrogen and oxygen atoms in total. The molecule has 0 spiro atoms. The highest BCUT2D eigenvalue weighted by atomic mass is 32.2. The molecular formula is C28H29N3O4S3. The Bertz CT molecular complexity index is 1370. The van der Waals surface area contributed by atoms with Gasteiger partial charge in [0.2, 0.25) is 5.91 Å². The Kier molecular flexibility index (Phi) is 9.19. The predicted octanol–water partition coefficient (Wildman–Crippen LogP) is 6.40. The van der Waals surface area contributed by atoms with Crippen LogP contribution in [0.4, 0.5) is 16.4 Å². The van der Waals surface area contributed by atoms with Gasteiger partial charge in [0, 0.05) is 26.7 Å². The predicted molar refractivity (Wildman–Crippen MR) is 159 cm³/mol. The van der Waals surface area contributed by atoms with Crippen LogP contribution in [0.1, 0.15) is 51.4 Å². The van der Waals surface area contributed by atoms with Gasteiger partial charge in [-0.2, -0.15) is 0 Å². The van der Waals surface area contributed by atoms with E-state index < -0.39 is 5.97 Å². The minimum Gasteiger partial charge on any atom is -0.465 e. The second-order valence-corrected chi connectivity index (χ2v) is 11.7.